The summed E-state index contributed by atoms with van der Waals surface area (Å²) in [4.78, 5) is 49.3. The number of benzene rings is 1. The van der Waals surface area contributed by atoms with E-state index >= 15 is 0 Å². The van der Waals surface area contributed by atoms with Gasteiger partial charge >= 0.3 is 0 Å². The Morgan fingerprint density at radius 1 is 1.10 bits per heavy atom. The number of H-pyrrole nitrogens is 1. The van der Waals surface area contributed by atoms with E-state index in [0.29, 0.717) is 50.4 Å². The highest BCUT2D eigenvalue weighted by atomic mass is 16.2. The maximum atomic E-state index is 12.8. The number of hydrogen-bond acceptors (Lipinski definition) is 4. The van der Waals surface area contributed by atoms with E-state index in [1.807, 2.05) is 41.0 Å². The van der Waals surface area contributed by atoms with Crippen molar-refractivity contribution in [2.75, 3.05) is 19.6 Å². The predicted octanol–water partition coefficient (Wildman–Crippen LogP) is 1.93. The summed E-state index contributed by atoms with van der Waals surface area (Å²) >= 11 is 0. The molecule has 2 fully saturated rings. The van der Waals surface area contributed by atoms with Gasteiger partial charge < -0.3 is 14.8 Å². The molecule has 1 saturated heterocycles. The number of hydrogen-bond donors (Lipinski definition) is 1. The molecule has 0 unspecified atom stereocenters. The first-order chi connectivity index (χ1) is 15.0. The Bertz CT molecular complexity index is 1070. The molecule has 1 saturated carbocycles. The first kappa shape index (κ1) is 20.0. The van der Waals surface area contributed by atoms with Crippen LogP contribution in [0.3, 0.4) is 0 Å². The second-order valence-electron chi connectivity index (χ2n) is 9.15. The molecule has 2 aliphatic heterocycles. The minimum Gasteiger partial charge on any atom is -0.342 e. The number of aromatic nitrogens is 2. The Morgan fingerprint density at radius 3 is 2.61 bits per heavy atom. The first-order valence-corrected chi connectivity index (χ1v) is 11.2. The second-order valence-corrected chi connectivity index (χ2v) is 9.15. The van der Waals surface area contributed by atoms with Gasteiger partial charge in [-0.15, -0.1) is 0 Å². The summed E-state index contributed by atoms with van der Waals surface area (Å²) in [6, 6.07) is 8.04. The van der Waals surface area contributed by atoms with Crippen LogP contribution in [0.15, 0.2) is 29.1 Å². The summed E-state index contributed by atoms with van der Waals surface area (Å²) in [5.74, 6) is 1.14. The normalized spacial score (nSPS) is 20.6. The zero-order valence-corrected chi connectivity index (χ0v) is 17.9. The van der Waals surface area contributed by atoms with E-state index in [-0.39, 0.29) is 29.2 Å². The molecule has 1 aliphatic carbocycles. The van der Waals surface area contributed by atoms with Crippen molar-refractivity contribution in [2.45, 2.75) is 51.5 Å². The quantitative estimate of drug-likeness (QED) is 0.819. The lowest BCUT2D eigenvalue weighted by Gasteiger charge is -2.28. The van der Waals surface area contributed by atoms with Crippen LogP contribution in [-0.4, -0.2) is 51.2 Å². The number of carbonyl (C=O) groups is 2. The van der Waals surface area contributed by atoms with Crippen LogP contribution < -0.4 is 5.56 Å². The molecule has 0 spiro atoms. The number of rotatable bonds is 4. The van der Waals surface area contributed by atoms with Crippen molar-refractivity contribution in [3.63, 3.8) is 0 Å². The van der Waals surface area contributed by atoms with Crippen LogP contribution in [0.4, 0.5) is 0 Å². The fourth-order valence-corrected chi connectivity index (χ4v) is 4.63. The lowest BCUT2D eigenvalue weighted by molar-refractivity contribution is -0.133. The zero-order valence-electron chi connectivity index (χ0n) is 17.9. The van der Waals surface area contributed by atoms with Crippen molar-refractivity contribution in [1.29, 1.82) is 0 Å². The highest BCUT2D eigenvalue weighted by Gasteiger charge is 2.36. The maximum absolute atomic E-state index is 12.8. The van der Waals surface area contributed by atoms with Gasteiger partial charge in [-0.25, -0.2) is 4.98 Å². The van der Waals surface area contributed by atoms with Crippen LogP contribution in [0, 0.1) is 12.8 Å². The zero-order chi connectivity index (χ0) is 21.5. The number of carbonyl (C=O) groups excluding carboxylic acids is 2. The van der Waals surface area contributed by atoms with Gasteiger partial charge in [-0.3, -0.25) is 14.4 Å². The first-order valence-electron chi connectivity index (χ1n) is 11.2. The number of likely N-dealkylation sites (tertiary alicyclic amines) is 1. The summed E-state index contributed by atoms with van der Waals surface area (Å²) in [7, 11) is 0. The van der Waals surface area contributed by atoms with E-state index in [1.54, 1.807) is 0 Å². The number of aromatic amines is 1. The minimum absolute atomic E-state index is 0.0227. The van der Waals surface area contributed by atoms with Crippen molar-refractivity contribution >= 4 is 11.8 Å². The molecular formula is C24H28N4O3. The summed E-state index contributed by atoms with van der Waals surface area (Å²) in [5.41, 5.74) is 3.53. The molecule has 3 heterocycles. The Kier molecular flexibility index (Phi) is 5.12. The number of amides is 2. The van der Waals surface area contributed by atoms with Gasteiger partial charge in [0, 0.05) is 37.0 Å². The molecule has 162 valence electrons. The van der Waals surface area contributed by atoms with Crippen LogP contribution >= 0.6 is 0 Å². The summed E-state index contributed by atoms with van der Waals surface area (Å²) in [6.45, 7) is 4.28. The van der Waals surface area contributed by atoms with Gasteiger partial charge in [-0.1, -0.05) is 29.8 Å². The molecule has 5 rings (SSSR count). The molecule has 7 nitrogen and oxygen atoms in total. The Balaban J connectivity index is 1.27. The SMILES string of the molecule is Cc1ccc(CC(=O)N2CC[C@H](c3nc4c(c(=O)[nH]3)CCN(C(=O)C3CC3)C4)C2)cc1. The van der Waals surface area contributed by atoms with Gasteiger partial charge in [-0.2, -0.15) is 0 Å². The smallest absolute Gasteiger partial charge is 0.254 e. The highest BCUT2D eigenvalue weighted by Crippen LogP contribution is 2.32. The average Bonchev–Trinajstić information content (AvgIpc) is 3.50. The van der Waals surface area contributed by atoms with E-state index in [2.05, 4.69) is 4.98 Å². The van der Waals surface area contributed by atoms with Gasteiger partial charge in [0.2, 0.25) is 11.8 Å². The third-order valence-electron chi connectivity index (χ3n) is 6.73. The van der Waals surface area contributed by atoms with Gasteiger partial charge in [-0.05, 0) is 38.2 Å². The van der Waals surface area contributed by atoms with Gasteiger partial charge in [0.15, 0.2) is 0 Å². The largest absolute Gasteiger partial charge is 0.342 e. The molecule has 1 atom stereocenters. The Morgan fingerprint density at radius 2 is 1.87 bits per heavy atom. The van der Waals surface area contributed by atoms with E-state index in [9.17, 15) is 14.4 Å². The van der Waals surface area contributed by atoms with Gasteiger partial charge in [0.25, 0.3) is 5.56 Å². The van der Waals surface area contributed by atoms with Gasteiger partial charge in [0.1, 0.15) is 5.82 Å². The topological polar surface area (TPSA) is 86.4 Å². The average molecular weight is 421 g/mol. The molecular weight excluding hydrogens is 392 g/mol. The molecule has 0 bridgehead atoms. The fourth-order valence-electron chi connectivity index (χ4n) is 4.63. The van der Waals surface area contributed by atoms with Crippen molar-refractivity contribution in [3.05, 3.63) is 62.8 Å². The van der Waals surface area contributed by atoms with Gasteiger partial charge in [0.05, 0.1) is 18.7 Å². The van der Waals surface area contributed by atoms with Crippen LogP contribution in [0.1, 0.15) is 53.4 Å². The predicted molar refractivity (Wildman–Crippen MR) is 116 cm³/mol. The molecule has 1 aromatic heterocycles. The maximum Gasteiger partial charge on any atom is 0.254 e. The Hall–Kier alpha value is -2.96. The van der Waals surface area contributed by atoms with E-state index in [4.69, 9.17) is 4.98 Å². The lowest BCUT2D eigenvalue weighted by atomic mass is 10.0. The second kappa shape index (κ2) is 7.94. The van der Waals surface area contributed by atoms with E-state index in [1.165, 1.54) is 5.56 Å². The third kappa shape index (κ3) is 4.13. The fraction of sp³-hybridized carbons (Fsp3) is 0.500. The number of nitrogens with one attached hydrogen (secondary N) is 1. The Labute approximate surface area is 181 Å². The molecule has 1 aromatic carbocycles. The van der Waals surface area contributed by atoms with Crippen molar-refractivity contribution in [1.82, 2.24) is 19.8 Å². The lowest BCUT2D eigenvalue weighted by Crippen LogP contribution is -2.40. The summed E-state index contributed by atoms with van der Waals surface area (Å²) in [6.07, 6.45) is 3.68. The summed E-state index contributed by atoms with van der Waals surface area (Å²) < 4.78 is 0. The van der Waals surface area contributed by atoms with Crippen molar-refractivity contribution in [3.8, 4) is 0 Å². The molecule has 31 heavy (non-hydrogen) atoms. The third-order valence-corrected chi connectivity index (χ3v) is 6.73. The number of fused-ring (bicyclic) bond motifs is 1. The molecule has 2 aromatic rings. The van der Waals surface area contributed by atoms with Crippen LogP contribution in [0.5, 0.6) is 0 Å². The molecule has 0 radical (unpaired) electrons. The molecule has 3 aliphatic rings. The molecule has 7 heteroatoms. The van der Waals surface area contributed by atoms with Crippen LogP contribution in [0.2, 0.25) is 0 Å². The van der Waals surface area contributed by atoms with Crippen molar-refractivity contribution in [2.24, 2.45) is 5.92 Å². The van der Waals surface area contributed by atoms with Crippen LogP contribution in [0.25, 0.3) is 0 Å². The molecule has 2 amide bonds. The minimum atomic E-state index is -0.0945. The standard InChI is InChI=1S/C24H28N4O3/c1-15-2-4-16(5-3-15)12-21(29)27-10-8-18(13-27)22-25-20-14-28(24(31)17-6-7-17)11-9-19(20)23(30)26-22/h2-5,17-18H,6-14H2,1H3,(H,25,26,30)/t18-/m0/s1. The van der Waals surface area contributed by atoms with Crippen molar-refractivity contribution < 1.29 is 9.59 Å². The molecule has 1 N–H and O–H groups in total. The summed E-state index contributed by atoms with van der Waals surface area (Å²) in [5, 5.41) is 0. The highest BCUT2D eigenvalue weighted by molar-refractivity contribution is 5.81. The number of aryl methyl sites for hydroxylation is 1. The van der Waals surface area contributed by atoms with E-state index in [0.717, 1.165) is 30.5 Å². The monoisotopic (exact) mass is 420 g/mol. The van der Waals surface area contributed by atoms with E-state index < -0.39 is 0 Å². The number of nitrogens with zero attached hydrogens (tertiary/aromatic N) is 3. The van der Waals surface area contributed by atoms with Crippen LogP contribution in [-0.2, 0) is 29.0 Å².